The number of benzene rings is 3. The van der Waals surface area contributed by atoms with Crippen LogP contribution in [0.25, 0.3) is 18.2 Å². The van der Waals surface area contributed by atoms with Gasteiger partial charge in [-0.1, -0.05) is 91.1 Å². The zero-order valence-electron chi connectivity index (χ0n) is 23.8. The molecule has 212 valence electrons. The van der Waals surface area contributed by atoms with E-state index in [1.54, 1.807) is 0 Å². The maximum absolute atomic E-state index is 10.4. The average Bonchev–Trinajstić information content (AvgIpc) is 2.94. The third-order valence-electron chi connectivity index (χ3n) is 8.55. The van der Waals surface area contributed by atoms with Crippen LogP contribution in [0.1, 0.15) is 50.1 Å². The Labute approximate surface area is 244 Å². The molecule has 1 N–H and O–H groups in total. The first-order valence-corrected chi connectivity index (χ1v) is 15.0. The number of aryl methyl sites for hydroxylation is 6. The first-order valence-electron chi connectivity index (χ1n) is 15.0. The SMILES string of the molecule is OCC(COC/C=C/c1ccc2c(c1)CC2)(COC/C=C/c1ccc2c(c1)CC2)OC/C=C/c1ccc2c(c1)CC2. The van der Waals surface area contributed by atoms with Gasteiger partial charge in [0.2, 0.25) is 0 Å². The molecule has 3 aromatic carbocycles. The van der Waals surface area contributed by atoms with Crippen LogP contribution in [0.4, 0.5) is 0 Å². The van der Waals surface area contributed by atoms with Crippen LogP contribution < -0.4 is 0 Å². The Morgan fingerprint density at radius 2 is 0.927 bits per heavy atom. The molecule has 0 aromatic heterocycles. The number of aliphatic hydroxyl groups is 1. The van der Waals surface area contributed by atoms with E-state index in [4.69, 9.17) is 14.2 Å². The highest BCUT2D eigenvalue weighted by Crippen LogP contribution is 2.26. The minimum atomic E-state index is -0.947. The summed E-state index contributed by atoms with van der Waals surface area (Å²) in [5, 5.41) is 10.4. The summed E-state index contributed by atoms with van der Waals surface area (Å²) in [6, 6.07) is 19.9. The van der Waals surface area contributed by atoms with E-state index in [2.05, 4.69) is 72.8 Å². The second-order valence-electron chi connectivity index (χ2n) is 11.5. The van der Waals surface area contributed by atoms with E-state index in [1.165, 1.54) is 82.2 Å². The Kier molecular flexibility index (Phi) is 8.93. The van der Waals surface area contributed by atoms with Crippen LogP contribution in [0.2, 0.25) is 0 Å². The van der Waals surface area contributed by atoms with Crippen LogP contribution in [0.15, 0.2) is 72.8 Å². The summed E-state index contributed by atoms with van der Waals surface area (Å²) in [5.74, 6) is 0. The molecular formula is C37H40O4. The number of aliphatic hydroxyl groups excluding tert-OH is 1. The van der Waals surface area contributed by atoms with E-state index in [9.17, 15) is 5.11 Å². The predicted octanol–water partition coefficient (Wildman–Crippen LogP) is 6.20. The Morgan fingerprint density at radius 1 is 0.537 bits per heavy atom. The number of fused-ring (bicyclic) bond motifs is 3. The lowest BCUT2D eigenvalue weighted by Crippen LogP contribution is -2.46. The van der Waals surface area contributed by atoms with Gasteiger partial charge in [0.25, 0.3) is 0 Å². The van der Waals surface area contributed by atoms with Crippen molar-refractivity contribution in [2.75, 3.05) is 39.6 Å². The maximum Gasteiger partial charge on any atom is 0.138 e. The molecule has 3 aromatic rings. The van der Waals surface area contributed by atoms with Crippen molar-refractivity contribution in [3.63, 3.8) is 0 Å². The molecule has 0 unspecified atom stereocenters. The lowest BCUT2D eigenvalue weighted by atomic mass is 9.87. The van der Waals surface area contributed by atoms with Crippen LogP contribution in [-0.4, -0.2) is 50.3 Å². The number of hydrogen-bond donors (Lipinski definition) is 1. The van der Waals surface area contributed by atoms with Crippen LogP contribution in [0.5, 0.6) is 0 Å². The van der Waals surface area contributed by atoms with Crippen molar-refractivity contribution in [1.82, 2.24) is 0 Å². The van der Waals surface area contributed by atoms with E-state index in [0.717, 1.165) is 6.42 Å². The first-order chi connectivity index (χ1) is 20.2. The fourth-order valence-corrected chi connectivity index (χ4v) is 5.62. The van der Waals surface area contributed by atoms with Gasteiger partial charge in [0.15, 0.2) is 0 Å². The zero-order valence-corrected chi connectivity index (χ0v) is 23.8. The lowest BCUT2D eigenvalue weighted by Gasteiger charge is -2.31. The molecule has 4 nitrogen and oxygen atoms in total. The van der Waals surface area contributed by atoms with Gasteiger partial charge >= 0.3 is 0 Å². The molecule has 6 rings (SSSR count). The Hall–Kier alpha value is -3.28. The van der Waals surface area contributed by atoms with Crippen LogP contribution in [0.3, 0.4) is 0 Å². The smallest absolute Gasteiger partial charge is 0.138 e. The molecule has 0 bridgehead atoms. The third-order valence-corrected chi connectivity index (χ3v) is 8.55. The number of rotatable bonds is 15. The molecular weight excluding hydrogens is 508 g/mol. The molecule has 0 saturated heterocycles. The highest BCUT2D eigenvalue weighted by Gasteiger charge is 2.31. The summed E-state index contributed by atoms with van der Waals surface area (Å²) in [5.41, 5.74) is 11.3. The standard InChI is InChI=1S/C37H40O4/c38-25-37(41-21-3-6-30-9-12-33-15-18-36(33)24-30,26-39-19-1-4-28-7-10-31-13-16-34(31)22-28)27-40-20-2-5-29-8-11-32-14-17-35(32)23-29/h1-12,22-24,38H,13-21,25-27H2/b4-1+,5-2+,6-3+. The molecule has 0 saturated carbocycles. The van der Waals surface area contributed by atoms with Gasteiger partial charge in [0.1, 0.15) is 5.60 Å². The lowest BCUT2D eigenvalue weighted by molar-refractivity contribution is -0.145. The highest BCUT2D eigenvalue weighted by atomic mass is 16.6. The van der Waals surface area contributed by atoms with E-state index in [1.807, 2.05) is 18.2 Å². The molecule has 41 heavy (non-hydrogen) atoms. The predicted molar refractivity (Wildman–Crippen MR) is 166 cm³/mol. The Bertz CT molecular complexity index is 1380. The normalized spacial score (nSPS) is 15.4. The molecule has 0 heterocycles. The minimum Gasteiger partial charge on any atom is -0.393 e. The van der Waals surface area contributed by atoms with Crippen molar-refractivity contribution >= 4 is 18.2 Å². The Balaban J connectivity index is 1.02. The van der Waals surface area contributed by atoms with E-state index in [-0.39, 0.29) is 19.8 Å². The van der Waals surface area contributed by atoms with Gasteiger partial charge in [-0.25, -0.2) is 0 Å². The van der Waals surface area contributed by atoms with Crippen molar-refractivity contribution < 1.29 is 19.3 Å². The Morgan fingerprint density at radius 3 is 1.27 bits per heavy atom. The summed E-state index contributed by atoms with van der Waals surface area (Å²) in [4.78, 5) is 0. The van der Waals surface area contributed by atoms with Gasteiger partial charge in [-0.3, -0.25) is 0 Å². The van der Waals surface area contributed by atoms with Gasteiger partial charge in [0, 0.05) is 0 Å². The van der Waals surface area contributed by atoms with Crippen molar-refractivity contribution in [2.45, 2.75) is 44.1 Å². The molecule has 0 aliphatic heterocycles. The fourth-order valence-electron chi connectivity index (χ4n) is 5.62. The molecule has 0 spiro atoms. The van der Waals surface area contributed by atoms with Crippen molar-refractivity contribution in [3.05, 3.63) is 123 Å². The molecule has 0 fully saturated rings. The zero-order chi connectivity index (χ0) is 27.9. The largest absolute Gasteiger partial charge is 0.393 e. The minimum absolute atomic E-state index is 0.192. The highest BCUT2D eigenvalue weighted by molar-refractivity contribution is 5.55. The molecule has 0 atom stereocenters. The topological polar surface area (TPSA) is 47.9 Å². The molecule has 0 radical (unpaired) electrons. The van der Waals surface area contributed by atoms with Crippen LogP contribution >= 0.6 is 0 Å². The molecule has 0 amide bonds. The summed E-state index contributed by atoms with van der Waals surface area (Å²) < 4.78 is 18.2. The van der Waals surface area contributed by atoms with Gasteiger partial charge in [-0.05, 0) is 88.6 Å². The van der Waals surface area contributed by atoms with Gasteiger partial charge in [0.05, 0.1) is 39.6 Å². The fraction of sp³-hybridized carbons (Fsp3) is 0.351. The monoisotopic (exact) mass is 548 g/mol. The van der Waals surface area contributed by atoms with Crippen molar-refractivity contribution in [1.29, 1.82) is 0 Å². The second kappa shape index (κ2) is 13.1. The van der Waals surface area contributed by atoms with E-state index < -0.39 is 5.60 Å². The van der Waals surface area contributed by atoms with Crippen LogP contribution in [0, 0.1) is 0 Å². The summed E-state index contributed by atoms with van der Waals surface area (Å²) in [6.07, 6.45) is 19.4. The van der Waals surface area contributed by atoms with Crippen molar-refractivity contribution in [2.24, 2.45) is 0 Å². The summed E-state index contributed by atoms with van der Waals surface area (Å²) in [7, 11) is 0. The average molecular weight is 549 g/mol. The maximum atomic E-state index is 10.4. The number of hydrogen-bond acceptors (Lipinski definition) is 4. The van der Waals surface area contributed by atoms with Crippen LogP contribution in [-0.2, 0) is 52.7 Å². The quantitative estimate of drug-likeness (QED) is 0.230. The molecule has 3 aliphatic rings. The van der Waals surface area contributed by atoms with Gasteiger partial charge < -0.3 is 19.3 Å². The van der Waals surface area contributed by atoms with Gasteiger partial charge in [-0.2, -0.15) is 0 Å². The number of ether oxygens (including phenoxy) is 3. The van der Waals surface area contributed by atoms with E-state index in [0.29, 0.717) is 19.8 Å². The first kappa shape index (κ1) is 27.9. The van der Waals surface area contributed by atoms with Gasteiger partial charge in [-0.15, -0.1) is 0 Å². The molecule has 3 aliphatic carbocycles. The van der Waals surface area contributed by atoms with E-state index >= 15 is 0 Å². The summed E-state index contributed by atoms with van der Waals surface area (Å²) >= 11 is 0. The summed E-state index contributed by atoms with van der Waals surface area (Å²) in [6.45, 7) is 1.51. The second-order valence-corrected chi connectivity index (χ2v) is 11.5. The van der Waals surface area contributed by atoms with Crippen molar-refractivity contribution in [3.8, 4) is 0 Å². The molecule has 4 heteroatoms. The third kappa shape index (κ3) is 6.97.